The number of aliphatic hydroxyl groups is 1. The summed E-state index contributed by atoms with van der Waals surface area (Å²) in [6.45, 7) is 0.175. The van der Waals surface area contributed by atoms with E-state index in [1.54, 1.807) is 0 Å². The monoisotopic (exact) mass is 302 g/mol. The Kier molecular flexibility index (Phi) is 4.53. The molecule has 1 aromatic carbocycles. The van der Waals surface area contributed by atoms with Crippen molar-refractivity contribution in [3.8, 4) is 0 Å². The molecule has 0 saturated heterocycles. The Morgan fingerprint density at radius 3 is 2.57 bits per heavy atom. The fourth-order valence-corrected chi connectivity index (χ4v) is 2.33. The van der Waals surface area contributed by atoms with Crippen LogP contribution in [0.25, 0.3) is 0 Å². The zero-order chi connectivity index (χ0) is 15.5. The third kappa shape index (κ3) is 3.54. The molecular weight excluding hydrogens is 285 g/mol. The summed E-state index contributed by atoms with van der Waals surface area (Å²) in [6.07, 6.45) is -2.35. The van der Waals surface area contributed by atoms with Crippen LogP contribution >= 0.6 is 0 Å². The lowest BCUT2D eigenvalue weighted by atomic mass is 9.76. The minimum absolute atomic E-state index is 0.0986. The van der Waals surface area contributed by atoms with Crippen LogP contribution in [0.4, 0.5) is 18.9 Å². The molecule has 1 aromatic rings. The first-order valence-electron chi connectivity index (χ1n) is 6.72. The molecule has 116 valence electrons. The molecule has 0 unspecified atom stereocenters. The summed E-state index contributed by atoms with van der Waals surface area (Å²) < 4.78 is 37.9. The SMILES string of the molecule is O=C(Nc1cccc(C(F)(F)F)c1)C1(NCCO)CCC1. The van der Waals surface area contributed by atoms with Crippen molar-refractivity contribution < 1.29 is 23.1 Å². The molecule has 2 rings (SSSR count). The van der Waals surface area contributed by atoms with Gasteiger partial charge in [-0.15, -0.1) is 0 Å². The average Bonchev–Trinajstić information content (AvgIpc) is 2.37. The standard InChI is InChI=1S/C14H17F3N2O2/c15-14(16,17)10-3-1-4-11(9-10)19-12(21)13(5-2-6-13)18-7-8-20/h1,3-4,9,18,20H,2,5-8H2,(H,19,21). The fraction of sp³-hybridized carbons (Fsp3) is 0.500. The fourth-order valence-electron chi connectivity index (χ4n) is 2.33. The van der Waals surface area contributed by atoms with Gasteiger partial charge in [-0.1, -0.05) is 6.07 Å². The van der Waals surface area contributed by atoms with E-state index < -0.39 is 17.3 Å². The van der Waals surface area contributed by atoms with Crippen LogP contribution in [0.1, 0.15) is 24.8 Å². The predicted octanol–water partition coefficient (Wildman–Crippen LogP) is 2.15. The van der Waals surface area contributed by atoms with E-state index in [1.807, 2.05) is 0 Å². The Bertz CT molecular complexity index is 513. The van der Waals surface area contributed by atoms with Gasteiger partial charge in [0.2, 0.25) is 5.91 Å². The summed E-state index contributed by atoms with van der Waals surface area (Å²) in [5.41, 5.74) is -1.46. The second-order valence-corrected chi connectivity index (χ2v) is 5.12. The average molecular weight is 302 g/mol. The number of alkyl halides is 3. The summed E-state index contributed by atoms with van der Waals surface area (Å²) >= 11 is 0. The summed E-state index contributed by atoms with van der Waals surface area (Å²) in [4.78, 5) is 12.2. The topological polar surface area (TPSA) is 61.4 Å². The Labute approximate surface area is 120 Å². The largest absolute Gasteiger partial charge is 0.416 e. The molecule has 3 N–H and O–H groups in total. The van der Waals surface area contributed by atoms with E-state index in [2.05, 4.69) is 10.6 Å². The van der Waals surface area contributed by atoms with Gasteiger partial charge in [0.1, 0.15) is 0 Å². The van der Waals surface area contributed by atoms with Crippen LogP contribution in [0.5, 0.6) is 0 Å². The van der Waals surface area contributed by atoms with Gasteiger partial charge >= 0.3 is 6.18 Å². The van der Waals surface area contributed by atoms with E-state index in [4.69, 9.17) is 5.11 Å². The van der Waals surface area contributed by atoms with Crippen LogP contribution in [-0.4, -0.2) is 29.7 Å². The van der Waals surface area contributed by atoms with Gasteiger partial charge < -0.3 is 15.7 Å². The third-order valence-electron chi connectivity index (χ3n) is 3.66. The Morgan fingerprint density at radius 2 is 2.05 bits per heavy atom. The minimum Gasteiger partial charge on any atom is -0.395 e. The molecule has 1 fully saturated rings. The van der Waals surface area contributed by atoms with E-state index in [0.29, 0.717) is 12.8 Å². The van der Waals surface area contributed by atoms with Gasteiger partial charge in [-0.05, 0) is 37.5 Å². The van der Waals surface area contributed by atoms with Crippen molar-refractivity contribution in [2.45, 2.75) is 31.0 Å². The number of aliphatic hydroxyl groups excluding tert-OH is 1. The molecule has 1 amide bonds. The van der Waals surface area contributed by atoms with E-state index in [1.165, 1.54) is 12.1 Å². The molecule has 0 atom stereocenters. The Morgan fingerprint density at radius 1 is 1.33 bits per heavy atom. The molecule has 0 aromatic heterocycles. The first-order valence-corrected chi connectivity index (χ1v) is 6.72. The highest BCUT2D eigenvalue weighted by Gasteiger charge is 2.43. The molecular formula is C14H17F3N2O2. The van der Waals surface area contributed by atoms with E-state index in [9.17, 15) is 18.0 Å². The summed E-state index contributed by atoms with van der Waals surface area (Å²) in [7, 11) is 0. The number of carbonyl (C=O) groups excluding carboxylic acids is 1. The summed E-state index contributed by atoms with van der Waals surface area (Å²) in [6, 6.07) is 4.55. The molecule has 1 saturated carbocycles. The minimum atomic E-state index is -4.44. The van der Waals surface area contributed by atoms with Crippen molar-refractivity contribution in [1.29, 1.82) is 0 Å². The van der Waals surface area contributed by atoms with Crippen molar-refractivity contribution in [2.24, 2.45) is 0 Å². The lowest BCUT2D eigenvalue weighted by Crippen LogP contribution is -2.60. The summed E-state index contributed by atoms with van der Waals surface area (Å²) in [5, 5.41) is 14.3. The lowest BCUT2D eigenvalue weighted by Gasteiger charge is -2.41. The van der Waals surface area contributed by atoms with Gasteiger partial charge in [-0.3, -0.25) is 4.79 Å². The van der Waals surface area contributed by atoms with Crippen molar-refractivity contribution in [1.82, 2.24) is 5.32 Å². The number of benzene rings is 1. The van der Waals surface area contributed by atoms with Gasteiger partial charge in [-0.25, -0.2) is 0 Å². The molecule has 0 aliphatic heterocycles. The van der Waals surface area contributed by atoms with Gasteiger partial charge in [0.25, 0.3) is 0 Å². The maximum Gasteiger partial charge on any atom is 0.416 e. The highest BCUT2D eigenvalue weighted by molar-refractivity contribution is 5.98. The van der Waals surface area contributed by atoms with Gasteiger partial charge in [0.15, 0.2) is 0 Å². The zero-order valence-electron chi connectivity index (χ0n) is 11.3. The first kappa shape index (κ1) is 15.8. The maximum absolute atomic E-state index is 12.6. The number of β-amino-alcohol motifs (C(OH)–C–C–N with tert-alkyl or cyclic N) is 1. The van der Waals surface area contributed by atoms with Crippen molar-refractivity contribution in [2.75, 3.05) is 18.5 Å². The number of amides is 1. The Balaban J connectivity index is 2.09. The predicted molar refractivity (Wildman–Crippen MR) is 71.7 cm³/mol. The van der Waals surface area contributed by atoms with Gasteiger partial charge in [0, 0.05) is 12.2 Å². The van der Waals surface area contributed by atoms with E-state index in [-0.39, 0.29) is 24.7 Å². The molecule has 4 nitrogen and oxygen atoms in total. The van der Waals surface area contributed by atoms with Crippen LogP contribution in [0.2, 0.25) is 0 Å². The summed E-state index contributed by atoms with van der Waals surface area (Å²) in [5.74, 6) is -0.360. The maximum atomic E-state index is 12.6. The number of hydrogen-bond donors (Lipinski definition) is 3. The van der Waals surface area contributed by atoms with Crippen LogP contribution in [-0.2, 0) is 11.0 Å². The number of nitrogens with one attached hydrogen (secondary N) is 2. The molecule has 0 spiro atoms. The quantitative estimate of drug-likeness (QED) is 0.781. The first-order chi connectivity index (χ1) is 9.87. The van der Waals surface area contributed by atoms with Crippen LogP contribution in [0.3, 0.4) is 0 Å². The molecule has 1 aliphatic carbocycles. The molecule has 7 heteroatoms. The Hall–Kier alpha value is -1.60. The van der Waals surface area contributed by atoms with Gasteiger partial charge in [0.05, 0.1) is 17.7 Å². The number of anilines is 1. The van der Waals surface area contributed by atoms with Crippen molar-refractivity contribution in [3.63, 3.8) is 0 Å². The number of hydrogen-bond acceptors (Lipinski definition) is 3. The normalized spacial score (nSPS) is 17.1. The second kappa shape index (κ2) is 6.03. The molecule has 1 aliphatic rings. The second-order valence-electron chi connectivity index (χ2n) is 5.12. The molecule has 21 heavy (non-hydrogen) atoms. The molecule has 0 heterocycles. The third-order valence-corrected chi connectivity index (χ3v) is 3.66. The van der Waals surface area contributed by atoms with Crippen molar-refractivity contribution in [3.05, 3.63) is 29.8 Å². The molecule has 0 bridgehead atoms. The smallest absolute Gasteiger partial charge is 0.395 e. The van der Waals surface area contributed by atoms with Gasteiger partial charge in [-0.2, -0.15) is 13.2 Å². The number of rotatable bonds is 5. The highest BCUT2D eigenvalue weighted by Crippen LogP contribution is 2.34. The van der Waals surface area contributed by atoms with Crippen LogP contribution < -0.4 is 10.6 Å². The molecule has 0 radical (unpaired) electrons. The lowest BCUT2D eigenvalue weighted by molar-refractivity contribution is -0.137. The zero-order valence-corrected chi connectivity index (χ0v) is 11.3. The van der Waals surface area contributed by atoms with Crippen LogP contribution in [0.15, 0.2) is 24.3 Å². The van der Waals surface area contributed by atoms with Crippen LogP contribution in [0, 0.1) is 0 Å². The number of halogens is 3. The number of carbonyl (C=O) groups is 1. The highest BCUT2D eigenvalue weighted by atomic mass is 19.4. The van der Waals surface area contributed by atoms with Crippen molar-refractivity contribution >= 4 is 11.6 Å². The van der Waals surface area contributed by atoms with E-state index in [0.717, 1.165) is 18.6 Å². The van der Waals surface area contributed by atoms with E-state index >= 15 is 0 Å².